The molecule has 6 heteroatoms. The Balaban J connectivity index is 1.63. The molecule has 1 aromatic carbocycles. The lowest BCUT2D eigenvalue weighted by Gasteiger charge is -2.27. The van der Waals surface area contributed by atoms with Crippen LogP contribution >= 0.6 is 0 Å². The summed E-state index contributed by atoms with van der Waals surface area (Å²) in [5, 5.41) is 2.68. The van der Waals surface area contributed by atoms with Crippen LogP contribution in [0.4, 0.5) is 0 Å². The van der Waals surface area contributed by atoms with Crippen LogP contribution in [0.5, 0.6) is 0 Å². The van der Waals surface area contributed by atoms with Gasteiger partial charge in [-0.1, -0.05) is 24.8 Å². The molecular weight excluding hydrogens is 282 g/mol. The molecule has 0 atom stereocenters. The summed E-state index contributed by atoms with van der Waals surface area (Å²) in [6.07, 6.45) is 0.187. The number of nitrogens with zero attached hydrogens (tertiary/aromatic N) is 2. The highest BCUT2D eigenvalue weighted by Crippen LogP contribution is 2.31. The van der Waals surface area contributed by atoms with E-state index < -0.39 is 0 Å². The number of rotatable bonds is 3. The Hall–Kier alpha value is -2.63. The largest absolute Gasteiger partial charge is 0.353 e. The van der Waals surface area contributed by atoms with Crippen molar-refractivity contribution >= 4 is 23.4 Å². The van der Waals surface area contributed by atoms with Crippen LogP contribution in [-0.4, -0.2) is 53.7 Å². The molecule has 0 radical (unpaired) electrons. The standard InChI is InChI=1S/C16H17N3O3/c1-11-12-4-2-3-5-13(12)16(22)19(11)8-6-15(21)18-9-7-17-14(20)10-18/h2-5H,1,6-10H2,(H,17,20). The third-order valence-corrected chi connectivity index (χ3v) is 3.98. The smallest absolute Gasteiger partial charge is 0.258 e. The zero-order valence-corrected chi connectivity index (χ0v) is 12.2. The average molecular weight is 299 g/mol. The fraction of sp³-hybridized carbons (Fsp3) is 0.312. The normalized spacial score (nSPS) is 17.5. The van der Waals surface area contributed by atoms with Crippen molar-refractivity contribution in [3.8, 4) is 0 Å². The zero-order chi connectivity index (χ0) is 15.7. The van der Waals surface area contributed by atoms with Crippen LogP contribution in [0.1, 0.15) is 22.3 Å². The van der Waals surface area contributed by atoms with Crippen molar-refractivity contribution in [2.75, 3.05) is 26.2 Å². The first-order valence-corrected chi connectivity index (χ1v) is 7.22. The molecule has 1 N–H and O–H groups in total. The molecule has 2 aliphatic heterocycles. The van der Waals surface area contributed by atoms with E-state index in [0.29, 0.717) is 24.4 Å². The summed E-state index contributed by atoms with van der Waals surface area (Å²) < 4.78 is 0. The first kappa shape index (κ1) is 14.3. The molecule has 1 fully saturated rings. The highest BCUT2D eigenvalue weighted by Gasteiger charge is 2.31. The Labute approximate surface area is 128 Å². The van der Waals surface area contributed by atoms with E-state index in [1.54, 1.807) is 6.07 Å². The molecule has 3 amide bonds. The minimum Gasteiger partial charge on any atom is -0.353 e. The van der Waals surface area contributed by atoms with Gasteiger partial charge in [-0.15, -0.1) is 0 Å². The molecule has 0 aliphatic carbocycles. The van der Waals surface area contributed by atoms with Gasteiger partial charge in [0.25, 0.3) is 5.91 Å². The Kier molecular flexibility index (Phi) is 3.66. The highest BCUT2D eigenvalue weighted by molar-refractivity contribution is 6.08. The number of piperazine rings is 1. The molecule has 6 nitrogen and oxygen atoms in total. The van der Waals surface area contributed by atoms with E-state index in [1.165, 1.54) is 9.80 Å². The van der Waals surface area contributed by atoms with Crippen molar-refractivity contribution in [2.45, 2.75) is 6.42 Å². The molecule has 0 bridgehead atoms. The number of benzene rings is 1. The number of nitrogens with one attached hydrogen (secondary N) is 1. The van der Waals surface area contributed by atoms with E-state index in [4.69, 9.17) is 0 Å². The number of amides is 3. The second-order valence-electron chi connectivity index (χ2n) is 5.36. The second-order valence-corrected chi connectivity index (χ2v) is 5.36. The van der Waals surface area contributed by atoms with Crippen LogP contribution in [0.2, 0.25) is 0 Å². The number of carbonyl (C=O) groups is 3. The summed E-state index contributed by atoms with van der Waals surface area (Å²) in [7, 11) is 0. The van der Waals surface area contributed by atoms with Crippen LogP contribution in [0, 0.1) is 0 Å². The van der Waals surface area contributed by atoms with E-state index in [1.807, 2.05) is 18.2 Å². The molecule has 0 spiro atoms. The number of hydrogen-bond donors (Lipinski definition) is 1. The van der Waals surface area contributed by atoms with Gasteiger partial charge in [-0.2, -0.15) is 0 Å². The molecule has 0 saturated carbocycles. The van der Waals surface area contributed by atoms with E-state index in [0.717, 1.165) is 5.56 Å². The lowest BCUT2D eigenvalue weighted by Crippen LogP contribution is -2.50. The minimum atomic E-state index is -0.145. The molecule has 1 aromatic rings. The summed E-state index contributed by atoms with van der Waals surface area (Å²) in [5.74, 6) is -0.384. The maximum Gasteiger partial charge on any atom is 0.258 e. The van der Waals surface area contributed by atoms with Crippen molar-refractivity contribution in [1.29, 1.82) is 0 Å². The minimum absolute atomic E-state index is 0.0912. The third kappa shape index (κ3) is 2.47. The maximum atomic E-state index is 12.3. The third-order valence-electron chi connectivity index (χ3n) is 3.98. The van der Waals surface area contributed by atoms with Gasteiger partial charge in [-0.3, -0.25) is 14.4 Å². The van der Waals surface area contributed by atoms with Gasteiger partial charge in [0.05, 0.1) is 6.54 Å². The quantitative estimate of drug-likeness (QED) is 0.881. The van der Waals surface area contributed by atoms with Gasteiger partial charge < -0.3 is 15.1 Å². The zero-order valence-electron chi connectivity index (χ0n) is 12.2. The van der Waals surface area contributed by atoms with Crippen LogP contribution < -0.4 is 5.32 Å². The van der Waals surface area contributed by atoms with Gasteiger partial charge in [0.2, 0.25) is 11.8 Å². The van der Waals surface area contributed by atoms with Gasteiger partial charge in [0, 0.05) is 42.9 Å². The monoisotopic (exact) mass is 299 g/mol. The van der Waals surface area contributed by atoms with Crippen molar-refractivity contribution in [3.63, 3.8) is 0 Å². The molecule has 1 saturated heterocycles. The lowest BCUT2D eigenvalue weighted by atomic mass is 10.1. The van der Waals surface area contributed by atoms with E-state index in [2.05, 4.69) is 11.9 Å². The van der Waals surface area contributed by atoms with Gasteiger partial charge >= 0.3 is 0 Å². The second kappa shape index (κ2) is 5.63. The number of fused-ring (bicyclic) bond motifs is 1. The molecule has 22 heavy (non-hydrogen) atoms. The van der Waals surface area contributed by atoms with Crippen LogP contribution in [0.3, 0.4) is 0 Å². The highest BCUT2D eigenvalue weighted by atomic mass is 16.2. The Morgan fingerprint density at radius 1 is 1.23 bits per heavy atom. The summed E-state index contributed by atoms with van der Waals surface area (Å²) in [6.45, 7) is 5.31. The SMILES string of the molecule is C=C1c2ccccc2C(=O)N1CCC(=O)N1CCNC(=O)C1. The van der Waals surface area contributed by atoms with Gasteiger partial charge in [0.15, 0.2) is 0 Å². The summed E-state index contributed by atoms with van der Waals surface area (Å²) in [5.41, 5.74) is 2.07. The van der Waals surface area contributed by atoms with Gasteiger partial charge in [-0.05, 0) is 6.07 Å². The molecule has 2 heterocycles. The first-order valence-electron chi connectivity index (χ1n) is 7.22. The molecule has 0 unspecified atom stereocenters. The molecule has 2 aliphatic rings. The van der Waals surface area contributed by atoms with Crippen LogP contribution in [0.25, 0.3) is 5.70 Å². The van der Waals surface area contributed by atoms with Crippen molar-refractivity contribution in [3.05, 3.63) is 42.0 Å². The molecule has 3 rings (SSSR count). The molecule has 0 aromatic heterocycles. The molecule has 114 valence electrons. The van der Waals surface area contributed by atoms with Gasteiger partial charge in [-0.25, -0.2) is 0 Å². The van der Waals surface area contributed by atoms with E-state index in [9.17, 15) is 14.4 Å². The maximum absolute atomic E-state index is 12.3. The predicted molar refractivity (Wildman–Crippen MR) is 80.7 cm³/mol. The van der Waals surface area contributed by atoms with Crippen molar-refractivity contribution < 1.29 is 14.4 Å². The Morgan fingerprint density at radius 2 is 1.95 bits per heavy atom. The average Bonchev–Trinajstić information content (AvgIpc) is 2.77. The fourth-order valence-electron chi connectivity index (χ4n) is 2.79. The topological polar surface area (TPSA) is 69.7 Å². The fourth-order valence-corrected chi connectivity index (χ4v) is 2.79. The predicted octanol–water partition coefficient (Wildman–Crippen LogP) is 0.462. The van der Waals surface area contributed by atoms with Gasteiger partial charge in [0.1, 0.15) is 0 Å². The number of hydrogen-bond acceptors (Lipinski definition) is 3. The van der Waals surface area contributed by atoms with E-state index in [-0.39, 0.29) is 37.2 Å². The Morgan fingerprint density at radius 3 is 2.64 bits per heavy atom. The summed E-state index contributed by atoms with van der Waals surface area (Å²) in [4.78, 5) is 38.9. The first-order chi connectivity index (χ1) is 10.6. The van der Waals surface area contributed by atoms with E-state index >= 15 is 0 Å². The number of carbonyl (C=O) groups excluding carboxylic acids is 3. The van der Waals surface area contributed by atoms with Crippen LogP contribution in [0.15, 0.2) is 30.8 Å². The van der Waals surface area contributed by atoms with Crippen molar-refractivity contribution in [1.82, 2.24) is 15.1 Å². The molecular formula is C16H17N3O3. The lowest BCUT2D eigenvalue weighted by molar-refractivity contribution is -0.138. The Bertz CT molecular complexity index is 633. The summed E-state index contributed by atoms with van der Waals surface area (Å²) in [6, 6.07) is 7.29. The summed E-state index contributed by atoms with van der Waals surface area (Å²) >= 11 is 0. The van der Waals surface area contributed by atoms with Crippen LogP contribution in [-0.2, 0) is 9.59 Å². The van der Waals surface area contributed by atoms with Crippen molar-refractivity contribution in [2.24, 2.45) is 0 Å².